The van der Waals surface area contributed by atoms with Crippen molar-refractivity contribution in [3.8, 4) is 0 Å². The van der Waals surface area contributed by atoms with Gasteiger partial charge in [-0.05, 0) is 53.9 Å². The van der Waals surface area contributed by atoms with Gasteiger partial charge in [-0.3, -0.25) is 9.71 Å². The van der Waals surface area contributed by atoms with Crippen LogP contribution in [0.5, 0.6) is 0 Å². The molecule has 24 heavy (non-hydrogen) atoms. The maximum Gasteiger partial charge on any atom is 0.249 e. The molecule has 1 aromatic carbocycles. The van der Waals surface area contributed by atoms with Gasteiger partial charge < -0.3 is 4.90 Å². The highest BCUT2D eigenvalue weighted by Gasteiger charge is 2.61. The molecular weight excluding hydrogens is 328 g/mol. The molecule has 1 saturated heterocycles. The number of anilines is 1. The van der Waals surface area contributed by atoms with Crippen molar-refractivity contribution in [2.45, 2.75) is 30.2 Å². The Hall–Kier alpha value is -1.66. The van der Waals surface area contributed by atoms with E-state index in [0.717, 1.165) is 30.2 Å². The van der Waals surface area contributed by atoms with Crippen molar-refractivity contribution < 1.29 is 8.78 Å². The summed E-state index contributed by atoms with van der Waals surface area (Å²) in [6.07, 6.45) is 3.69. The van der Waals surface area contributed by atoms with E-state index in [1.165, 1.54) is 5.56 Å². The third kappa shape index (κ3) is 3.26. The number of benzene rings is 1. The van der Waals surface area contributed by atoms with Gasteiger partial charge in [-0.15, -0.1) is 0 Å². The van der Waals surface area contributed by atoms with Gasteiger partial charge in [0.2, 0.25) is 5.92 Å². The fraction of sp³-hybridized carbons (Fsp3) is 0.389. The Morgan fingerprint density at radius 3 is 2.33 bits per heavy atom. The van der Waals surface area contributed by atoms with Crippen molar-refractivity contribution in [3.63, 3.8) is 0 Å². The molecule has 2 aromatic rings. The van der Waals surface area contributed by atoms with Crippen molar-refractivity contribution >= 4 is 17.6 Å². The number of halogens is 2. The average molecular weight is 347 g/mol. The van der Waals surface area contributed by atoms with E-state index in [0.29, 0.717) is 0 Å². The summed E-state index contributed by atoms with van der Waals surface area (Å²) in [6, 6.07) is 12.3. The van der Waals surface area contributed by atoms with Crippen molar-refractivity contribution in [3.05, 3.63) is 54.4 Å². The minimum atomic E-state index is -2.42. The number of pyridine rings is 1. The molecule has 0 unspecified atom stereocenters. The summed E-state index contributed by atoms with van der Waals surface area (Å²) in [4.78, 5) is 7.32. The molecule has 2 fully saturated rings. The van der Waals surface area contributed by atoms with Gasteiger partial charge in [-0.25, -0.2) is 8.78 Å². The highest BCUT2D eigenvalue weighted by atomic mass is 32.2. The number of rotatable bonds is 5. The van der Waals surface area contributed by atoms with Gasteiger partial charge in [-0.1, -0.05) is 0 Å². The highest BCUT2D eigenvalue weighted by molar-refractivity contribution is 7.97. The first kappa shape index (κ1) is 15.8. The standard InChI is InChI=1S/C18H19F2N3S/c19-18(20)10-17(11-18)12-23(13-17)15-1-3-16(4-2-15)24-22-9-14-5-7-21-8-6-14/h1-8,22H,9-13H2. The fourth-order valence-electron chi connectivity index (χ4n) is 3.64. The zero-order chi connectivity index (χ0) is 16.6. The van der Waals surface area contributed by atoms with Gasteiger partial charge in [0.1, 0.15) is 0 Å². The van der Waals surface area contributed by atoms with Crippen LogP contribution in [0.25, 0.3) is 0 Å². The molecule has 1 aromatic heterocycles. The van der Waals surface area contributed by atoms with Crippen LogP contribution in [0.15, 0.2) is 53.7 Å². The van der Waals surface area contributed by atoms with Crippen LogP contribution in [-0.4, -0.2) is 24.0 Å². The molecule has 6 heteroatoms. The molecule has 126 valence electrons. The van der Waals surface area contributed by atoms with Crippen LogP contribution >= 0.6 is 11.9 Å². The molecule has 2 heterocycles. The van der Waals surface area contributed by atoms with E-state index >= 15 is 0 Å². The summed E-state index contributed by atoms with van der Waals surface area (Å²) >= 11 is 1.59. The lowest BCUT2D eigenvalue weighted by molar-refractivity contribution is -0.170. The average Bonchev–Trinajstić information content (AvgIpc) is 2.52. The van der Waals surface area contributed by atoms with Gasteiger partial charge in [0.15, 0.2) is 0 Å². The zero-order valence-corrected chi connectivity index (χ0v) is 14.0. The minimum Gasteiger partial charge on any atom is -0.370 e. The van der Waals surface area contributed by atoms with Crippen LogP contribution in [0, 0.1) is 5.41 Å². The SMILES string of the molecule is FC1(F)CC2(CN(c3ccc(SNCc4ccncc4)cc3)C2)C1. The molecule has 0 bridgehead atoms. The van der Waals surface area contributed by atoms with E-state index in [-0.39, 0.29) is 18.3 Å². The highest BCUT2D eigenvalue weighted by Crippen LogP contribution is 2.57. The van der Waals surface area contributed by atoms with E-state index in [9.17, 15) is 8.78 Å². The molecular formula is C18H19F2N3S. The number of nitrogens with zero attached hydrogens (tertiary/aromatic N) is 2. The van der Waals surface area contributed by atoms with E-state index in [4.69, 9.17) is 0 Å². The number of hydrogen-bond donors (Lipinski definition) is 1. The summed E-state index contributed by atoms with van der Waals surface area (Å²) in [7, 11) is 0. The van der Waals surface area contributed by atoms with Gasteiger partial charge in [0, 0.05) is 60.9 Å². The van der Waals surface area contributed by atoms with Crippen molar-refractivity contribution in [2.75, 3.05) is 18.0 Å². The lowest BCUT2D eigenvalue weighted by Gasteiger charge is -2.59. The van der Waals surface area contributed by atoms with E-state index in [1.54, 1.807) is 24.3 Å². The van der Waals surface area contributed by atoms with Crippen LogP contribution in [0.1, 0.15) is 18.4 Å². The smallest absolute Gasteiger partial charge is 0.249 e. The third-order valence-electron chi connectivity index (χ3n) is 4.74. The summed E-state index contributed by atoms with van der Waals surface area (Å²) in [5.41, 5.74) is 2.19. The first-order valence-electron chi connectivity index (χ1n) is 8.05. The van der Waals surface area contributed by atoms with Gasteiger partial charge in [0.25, 0.3) is 0 Å². The van der Waals surface area contributed by atoms with Crippen LogP contribution in [0.4, 0.5) is 14.5 Å². The molecule has 1 aliphatic carbocycles. The molecule has 1 spiro atoms. The first-order valence-corrected chi connectivity index (χ1v) is 8.87. The van der Waals surface area contributed by atoms with Crippen LogP contribution in [0.2, 0.25) is 0 Å². The second kappa shape index (κ2) is 6.01. The predicted octanol–water partition coefficient (Wildman–Crippen LogP) is 4.11. The number of alkyl halides is 2. The van der Waals surface area contributed by atoms with Crippen LogP contribution in [0.3, 0.4) is 0 Å². The Morgan fingerprint density at radius 2 is 1.71 bits per heavy atom. The molecule has 4 rings (SSSR count). The largest absolute Gasteiger partial charge is 0.370 e. The number of hydrogen-bond acceptors (Lipinski definition) is 4. The van der Waals surface area contributed by atoms with E-state index < -0.39 is 5.92 Å². The van der Waals surface area contributed by atoms with E-state index in [1.807, 2.05) is 12.1 Å². The lowest BCUT2D eigenvalue weighted by atomic mass is 9.61. The van der Waals surface area contributed by atoms with Crippen molar-refractivity contribution in [1.29, 1.82) is 0 Å². The summed E-state index contributed by atoms with van der Waals surface area (Å²) in [5.74, 6) is -2.42. The number of nitrogens with one attached hydrogen (secondary N) is 1. The van der Waals surface area contributed by atoms with Crippen molar-refractivity contribution in [2.24, 2.45) is 5.41 Å². The molecule has 0 radical (unpaired) electrons. The first-order chi connectivity index (χ1) is 11.5. The molecule has 3 nitrogen and oxygen atoms in total. The van der Waals surface area contributed by atoms with Crippen LogP contribution < -0.4 is 9.62 Å². The maximum atomic E-state index is 13.0. The van der Waals surface area contributed by atoms with Gasteiger partial charge in [0.05, 0.1) is 0 Å². The Bertz CT molecular complexity index is 690. The quantitative estimate of drug-likeness (QED) is 0.824. The Morgan fingerprint density at radius 1 is 1.04 bits per heavy atom. The topological polar surface area (TPSA) is 28.2 Å². The minimum absolute atomic E-state index is 0.0589. The van der Waals surface area contributed by atoms with Crippen molar-refractivity contribution in [1.82, 2.24) is 9.71 Å². The predicted molar refractivity (Wildman–Crippen MR) is 92.2 cm³/mol. The zero-order valence-electron chi connectivity index (χ0n) is 13.2. The van der Waals surface area contributed by atoms with E-state index in [2.05, 4.69) is 38.9 Å². The Balaban J connectivity index is 1.25. The molecule has 2 aliphatic rings. The molecule has 1 N–H and O–H groups in total. The Labute approximate surface area is 144 Å². The fourth-order valence-corrected chi connectivity index (χ4v) is 4.32. The van der Waals surface area contributed by atoms with Crippen LogP contribution in [-0.2, 0) is 6.54 Å². The van der Waals surface area contributed by atoms with Gasteiger partial charge >= 0.3 is 0 Å². The van der Waals surface area contributed by atoms with Gasteiger partial charge in [-0.2, -0.15) is 0 Å². The second-order valence-electron chi connectivity index (χ2n) is 6.84. The summed E-state index contributed by atoms with van der Waals surface area (Å²) in [6.45, 7) is 2.29. The number of aromatic nitrogens is 1. The molecule has 1 saturated carbocycles. The maximum absolute atomic E-state index is 13.0. The summed E-state index contributed by atoms with van der Waals surface area (Å²) < 4.78 is 29.4. The summed E-state index contributed by atoms with van der Waals surface area (Å²) in [5, 5.41) is 0. The lowest BCUT2D eigenvalue weighted by Crippen LogP contribution is -2.65. The molecule has 0 atom stereocenters. The molecule has 0 amide bonds. The molecule has 1 aliphatic heterocycles. The monoisotopic (exact) mass is 347 g/mol. The normalized spacial score (nSPS) is 20.5. The third-order valence-corrected chi connectivity index (χ3v) is 5.53. The second-order valence-corrected chi connectivity index (χ2v) is 7.80. The Kier molecular flexibility index (Phi) is 3.96.